The normalized spacial score (nSPS) is 11.5. The number of aryl methyl sites for hydroxylation is 1. The predicted octanol–water partition coefficient (Wildman–Crippen LogP) is 10.3. The van der Waals surface area contributed by atoms with Gasteiger partial charge in [0, 0.05) is 6.42 Å². The summed E-state index contributed by atoms with van der Waals surface area (Å²) in [6.07, 6.45) is 20.2. The molecule has 4 aromatic carbocycles. The first-order valence-electron chi connectivity index (χ1n) is 14.1. The second kappa shape index (κ2) is 14.0. The van der Waals surface area contributed by atoms with Gasteiger partial charge in [-0.05, 0) is 57.1 Å². The lowest BCUT2D eigenvalue weighted by Gasteiger charge is -2.14. The van der Waals surface area contributed by atoms with Crippen LogP contribution in [-0.2, 0) is 11.2 Å². The monoisotopic (exact) mass is 466 g/mol. The summed E-state index contributed by atoms with van der Waals surface area (Å²) in [5.41, 5.74) is 1.51. The van der Waals surface area contributed by atoms with Gasteiger partial charge in [0.1, 0.15) is 6.29 Å². The molecule has 0 aliphatic heterocycles. The van der Waals surface area contributed by atoms with Crippen molar-refractivity contribution in [1.82, 2.24) is 0 Å². The van der Waals surface area contributed by atoms with Gasteiger partial charge >= 0.3 is 0 Å². The van der Waals surface area contributed by atoms with Crippen molar-refractivity contribution in [3.05, 3.63) is 72.3 Å². The quantitative estimate of drug-likeness (QED) is 0.0911. The van der Waals surface area contributed by atoms with Crippen LogP contribution in [0.15, 0.2) is 66.7 Å². The number of unbranched alkanes of at least 4 members (excludes halogenated alkanes) is 13. The van der Waals surface area contributed by atoms with Crippen LogP contribution in [-0.4, -0.2) is 6.29 Å². The number of benzene rings is 4. The number of carbonyl (C=O) groups is 1. The van der Waals surface area contributed by atoms with E-state index in [0.717, 1.165) is 19.1 Å². The van der Waals surface area contributed by atoms with Crippen molar-refractivity contribution in [3.8, 4) is 0 Å². The molecule has 184 valence electrons. The van der Waals surface area contributed by atoms with Crippen molar-refractivity contribution >= 4 is 38.6 Å². The molecule has 0 amide bonds. The molecule has 0 N–H and O–H groups in total. The number of carbonyl (C=O) groups excluding carboxylic acids is 1. The third-order valence-electron chi connectivity index (χ3n) is 7.62. The fourth-order valence-electron chi connectivity index (χ4n) is 5.73. The molecule has 1 nitrogen and oxygen atoms in total. The molecule has 35 heavy (non-hydrogen) atoms. The smallest absolute Gasteiger partial charge is 0.119 e. The minimum atomic E-state index is 0.746. The molecule has 0 radical (unpaired) electrons. The second-order valence-corrected chi connectivity index (χ2v) is 10.2. The van der Waals surface area contributed by atoms with E-state index in [1.807, 2.05) is 0 Å². The molecule has 0 spiro atoms. The van der Waals surface area contributed by atoms with E-state index in [0.29, 0.717) is 0 Å². The number of aldehydes is 1. The highest BCUT2D eigenvalue weighted by molar-refractivity contribution is 6.26. The molecule has 4 aromatic rings. The van der Waals surface area contributed by atoms with Crippen LogP contribution in [0.25, 0.3) is 32.3 Å². The molecular weight excluding hydrogens is 424 g/mol. The Morgan fingerprint density at radius 2 is 0.829 bits per heavy atom. The van der Waals surface area contributed by atoms with E-state index in [2.05, 4.69) is 66.7 Å². The largest absolute Gasteiger partial charge is 0.303 e. The highest BCUT2D eigenvalue weighted by Crippen LogP contribution is 2.37. The third kappa shape index (κ3) is 6.94. The van der Waals surface area contributed by atoms with Crippen LogP contribution in [0.5, 0.6) is 0 Å². The predicted molar refractivity (Wildman–Crippen MR) is 153 cm³/mol. The van der Waals surface area contributed by atoms with E-state index in [-0.39, 0.29) is 0 Å². The lowest BCUT2D eigenvalue weighted by atomic mass is 9.90. The van der Waals surface area contributed by atoms with E-state index in [1.165, 1.54) is 121 Å². The molecule has 0 aliphatic rings. The average Bonchev–Trinajstić information content (AvgIpc) is 2.91. The summed E-state index contributed by atoms with van der Waals surface area (Å²) in [4.78, 5) is 10.3. The first-order chi connectivity index (χ1) is 17.4. The molecule has 0 unspecified atom stereocenters. The SMILES string of the molecule is O=CCCCCCCCCCCCCCCCc1cccc2c3ccccc3c3ccccc3c12. The van der Waals surface area contributed by atoms with Gasteiger partial charge in [-0.25, -0.2) is 0 Å². The fourth-order valence-corrected chi connectivity index (χ4v) is 5.73. The minimum absolute atomic E-state index is 0.746. The highest BCUT2D eigenvalue weighted by atomic mass is 16.1. The third-order valence-corrected chi connectivity index (χ3v) is 7.62. The van der Waals surface area contributed by atoms with Crippen LogP contribution in [0.1, 0.15) is 95.5 Å². The Morgan fingerprint density at radius 3 is 1.34 bits per heavy atom. The Balaban J connectivity index is 1.21. The zero-order chi connectivity index (χ0) is 24.1. The van der Waals surface area contributed by atoms with Gasteiger partial charge in [0.15, 0.2) is 0 Å². The van der Waals surface area contributed by atoms with Crippen molar-refractivity contribution in [3.63, 3.8) is 0 Å². The molecule has 0 saturated heterocycles. The zero-order valence-electron chi connectivity index (χ0n) is 21.4. The van der Waals surface area contributed by atoms with E-state index in [1.54, 1.807) is 0 Å². The van der Waals surface area contributed by atoms with Crippen molar-refractivity contribution in [1.29, 1.82) is 0 Å². The molecule has 1 heteroatoms. The summed E-state index contributed by atoms with van der Waals surface area (Å²) in [5.74, 6) is 0. The maximum absolute atomic E-state index is 10.3. The van der Waals surface area contributed by atoms with Crippen molar-refractivity contribution < 1.29 is 4.79 Å². The molecule has 0 bridgehead atoms. The zero-order valence-corrected chi connectivity index (χ0v) is 21.4. The number of hydrogen-bond donors (Lipinski definition) is 0. The van der Waals surface area contributed by atoms with E-state index >= 15 is 0 Å². The summed E-state index contributed by atoms with van der Waals surface area (Å²) in [5, 5.41) is 8.38. The van der Waals surface area contributed by atoms with Gasteiger partial charge in [0.25, 0.3) is 0 Å². The number of rotatable bonds is 16. The van der Waals surface area contributed by atoms with Crippen LogP contribution in [0.2, 0.25) is 0 Å². The van der Waals surface area contributed by atoms with Crippen LogP contribution in [0.3, 0.4) is 0 Å². The Kier molecular flexibility index (Phi) is 10.2. The first kappa shape index (κ1) is 25.4. The fraction of sp³-hybridized carbons (Fsp3) is 0.441. The Hall–Kier alpha value is -2.67. The summed E-state index contributed by atoms with van der Waals surface area (Å²) in [6.45, 7) is 0. The van der Waals surface area contributed by atoms with Crippen molar-refractivity contribution in [2.45, 2.75) is 96.3 Å². The molecule has 0 heterocycles. The lowest BCUT2D eigenvalue weighted by molar-refractivity contribution is -0.107. The first-order valence-corrected chi connectivity index (χ1v) is 14.1. The topological polar surface area (TPSA) is 17.1 Å². The lowest BCUT2D eigenvalue weighted by Crippen LogP contribution is -1.91. The van der Waals surface area contributed by atoms with Gasteiger partial charge in [-0.1, -0.05) is 137 Å². The molecular formula is C34H42O. The molecule has 0 saturated carbocycles. The Morgan fingerprint density at radius 1 is 0.429 bits per heavy atom. The molecule has 0 aliphatic carbocycles. The van der Waals surface area contributed by atoms with Crippen LogP contribution >= 0.6 is 0 Å². The molecule has 0 aromatic heterocycles. The second-order valence-electron chi connectivity index (χ2n) is 10.2. The van der Waals surface area contributed by atoms with Crippen molar-refractivity contribution in [2.24, 2.45) is 0 Å². The van der Waals surface area contributed by atoms with Crippen molar-refractivity contribution in [2.75, 3.05) is 0 Å². The van der Waals surface area contributed by atoms with E-state index < -0.39 is 0 Å². The summed E-state index contributed by atoms with van der Waals surface area (Å²) in [7, 11) is 0. The van der Waals surface area contributed by atoms with Crippen LogP contribution < -0.4 is 0 Å². The molecule has 4 rings (SSSR count). The maximum Gasteiger partial charge on any atom is 0.119 e. The average molecular weight is 467 g/mol. The highest BCUT2D eigenvalue weighted by Gasteiger charge is 2.10. The standard InChI is InChI=1S/C34H42O/c35-27-18-12-10-8-6-4-2-1-3-5-7-9-11-13-20-28-21-19-26-33-31-23-15-14-22-29(31)30-24-16-17-25-32(30)34(28)33/h14-17,19,21-27H,1-13,18,20H2. The Bertz CT molecular complexity index is 1160. The number of hydrogen-bond acceptors (Lipinski definition) is 1. The number of fused-ring (bicyclic) bond motifs is 6. The van der Waals surface area contributed by atoms with Gasteiger partial charge in [-0.2, -0.15) is 0 Å². The summed E-state index contributed by atoms with van der Waals surface area (Å²) >= 11 is 0. The molecule has 0 atom stereocenters. The van der Waals surface area contributed by atoms with Gasteiger partial charge in [-0.15, -0.1) is 0 Å². The van der Waals surface area contributed by atoms with Crippen LogP contribution in [0.4, 0.5) is 0 Å². The van der Waals surface area contributed by atoms with E-state index in [4.69, 9.17) is 0 Å². The van der Waals surface area contributed by atoms with E-state index in [9.17, 15) is 4.79 Å². The van der Waals surface area contributed by atoms with Crippen LogP contribution in [0, 0.1) is 0 Å². The molecule has 0 fully saturated rings. The Labute approximate surface area is 211 Å². The van der Waals surface area contributed by atoms with Gasteiger partial charge in [0.2, 0.25) is 0 Å². The van der Waals surface area contributed by atoms with Gasteiger partial charge < -0.3 is 4.79 Å². The van der Waals surface area contributed by atoms with Gasteiger partial charge in [-0.3, -0.25) is 0 Å². The maximum atomic E-state index is 10.3. The minimum Gasteiger partial charge on any atom is -0.303 e. The summed E-state index contributed by atoms with van der Waals surface area (Å²) in [6, 6.07) is 24.7. The summed E-state index contributed by atoms with van der Waals surface area (Å²) < 4.78 is 0. The van der Waals surface area contributed by atoms with Gasteiger partial charge in [0.05, 0.1) is 0 Å².